The zero-order valence-corrected chi connectivity index (χ0v) is 15.4. The Balaban J connectivity index is 0.00000113. The second-order valence-electron chi connectivity index (χ2n) is 5.90. The quantitative estimate of drug-likeness (QED) is 0.812. The first kappa shape index (κ1) is 19.5. The Morgan fingerprint density at radius 2 is 1.92 bits per heavy atom. The highest BCUT2D eigenvalue weighted by atomic mass is 35.5. The van der Waals surface area contributed by atoms with E-state index in [0.717, 1.165) is 43.3 Å². The molecule has 1 unspecified atom stereocenters. The minimum absolute atomic E-state index is 0. The average molecular weight is 385 g/mol. The summed E-state index contributed by atoms with van der Waals surface area (Å²) in [6.45, 7) is 3.85. The first-order valence-corrected chi connectivity index (χ1v) is 8.03. The van der Waals surface area contributed by atoms with Gasteiger partial charge in [-0.05, 0) is 12.1 Å². The van der Waals surface area contributed by atoms with Crippen molar-refractivity contribution in [3.63, 3.8) is 0 Å². The number of anilines is 1. The predicted molar refractivity (Wildman–Crippen MR) is 101 cm³/mol. The number of nitrogens with one attached hydrogen (secondary N) is 2. The van der Waals surface area contributed by atoms with Gasteiger partial charge in [0.15, 0.2) is 0 Å². The van der Waals surface area contributed by atoms with Crippen LogP contribution in [-0.4, -0.2) is 58.5 Å². The second-order valence-corrected chi connectivity index (χ2v) is 5.90. The van der Waals surface area contributed by atoms with E-state index in [0.29, 0.717) is 13.1 Å². The number of imidazole rings is 1. The summed E-state index contributed by atoms with van der Waals surface area (Å²) in [5.74, 6) is 1.10. The number of nitrogens with zero attached hydrogens (tertiary/aromatic N) is 4. The van der Waals surface area contributed by atoms with Gasteiger partial charge in [0.1, 0.15) is 11.9 Å². The molecule has 0 aromatic carbocycles. The molecule has 7 nitrogen and oxygen atoms in total. The lowest BCUT2D eigenvalue weighted by Gasteiger charge is -2.37. The van der Waals surface area contributed by atoms with Crippen LogP contribution in [0.4, 0.5) is 5.82 Å². The number of hydrogen-bond donors (Lipinski definition) is 2. The Bertz CT molecular complexity index is 687. The van der Waals surface area contributed by atoms with Gasteiger partial charge in [0, 0.05) is 51.0 Å². The molecular formula is C16H22Cl2N6O. The van der Waals surface area contributed by atoms with Gasteiger partial charge in [-0.25, -0.2) is 9.97 Å². The molecule has 136 valence electrons. The van der Waals surface area contributed by atoms with E-state index < -0.39 is 0 Å². The van der Waals surface area contributed by atoms with E-state index in [1.165, 1.54) is 0 Å². The number of halogens is 2. The molecule has 1 saturated heterocycles. The zero-order chi connectivity index (χ0) is 15.6. The van der Waals surface area contributed by atoms with E-state index in [-0.39, 0.29) is 36.8 Å². The van der Waals surface area contributed by atoms with Crippen LogP contribution in [-0.2, 0) is 11.2 Å². The third kappa shape index (κ3) is 3.89. The first-order valence-electron chi connectivity index (χ1n) is 8.03. The van der Waals surface area contributed by atoms with Crippen molar-refractivity contribution in [2.24, 2.45) is 0 Å². The summed E-state index contributed by atoms with van der Waals surface area (Å²) in [6, 6.07) is 5.60. The second kappa shape index (κ2) is 8.51. The number of carbonyl (C=O) groups excluding carboxylic acids is 1. The molecule has 0 spiro atoms. The smallest absolute Gasteiger partial charge is 0.246 e. The molecule has 1 atom stereocenters. The van der Waals surface area contributed by atoms with Crippen LogP contribution in [0.1, 0.15) is 17.4 Å². The van der Waals surface area contributed by atoms with Crippen LogP contribution >= 0.6 is 24.8 Å². The molecule has 0 aliphatic carbocycles. The van der Waals surface area contributed by atoms with E-state index in [2.05, 4.69) is 25.2 Å². The van der Waals surface area contributed by atoms with E-state index >= 15 is 0 Å². The fourth-order valence-corrected chi connectivity index (χ4v) is 3.30. The van der Waals surface area contributed by atoms with Crippen molar-refractivity contribution < 1.29 is 4.79 Å². The third-order valence-electron chi connectivity index (χ3n) is 4.56. The summed E-state index contributed by atoms with van der Waals surface area (Å²) < 4.78 is 0. The number of fused-ring (bicyclic) bond motifs is 1. The van der Waals surface area contributed by atoms with Gasteiger partial charge in [-0.2, -0.15) is 0 Å². The highest BCUT2D eigenvalue weighted by Gasteiger charge is 2.33. The third-order valence-corrected chi connectivity index (χ3v) is 4.56. The fourth-order valence-electron chi connectivity index (χ4n) is 3.30. The maximum atomic E-state index is 12.8. The highest BCUT2D eigenvalue weighted by Crippen LogP contribution is 2.22. The standard InChI is InChI=1S/C16H20N6O.2ClH/c23-16(15-14-12(4-6-18-15)19-11-20-14)22-9-7-21(8-10-22)13-3-1-2-5-17-13;;/h1-3,5,11,15,18H,4,6-10H2,(H,19,20);2*1H. The Morgan fingerprint density at radius 1 is 1.12 bits per heavy atom. The molecule has 4 heterocycles. The largest absolute Gasteiger partial charge is 0.353 e. The molecule has 0 radical (unpaired) electrons. The number of hydrogen-bond acceptors (Lipinski definition) is 5. The number of piperazine rings is 1. The molecule has 4 rings (SSSR count). The van der Waals surface area contributed by atoms with Crippen molar-refractivity contribution in [3.05, 3.63) is 42.1 Å². The summed E-state index contributed by atoms with van der Waals surface area (Å²) in [5, 5.41) is 3.30. The number of aromatic amines is 1. The number of pyridine rings is 1. The van der Waals surface area contributed by atoms with Crippen molar-refractivity contribution in [1.82, 2.24) is 25.2 Å². The molecule has 1 amide bonds. The Morgan fingerprint density at radius 3 is 2.64 bits per heavy atom. The molecular weight excluding hydrogens is 363 g/mol. The lowest BCUT2D eigenvalue weighted by molar-refractivity contribution is -0.134. The lowest BCUT2D eigenvalue weighted by atomic mass is 10.0. The van der Waals surface area contributed by atoms with Gasteiger partial charge in [-0.1, -0.05) is 6.07 Å². The van der Waals surface area contributed by atoms with Crippen LogP contribution in [0.2, 0.25) is 0 Å². The van der Waals surface area contributed by atoms with Crippen LogP contribution in [0.25, 0.3) is 0 Å². The minimum atomic E-state index is -0.314. The molecule has 2 aliphatic rings. The van der Waals surface area contributed by atoms with Gasteiger partial charge in [-0.3, -0.25) is 4.79 Å². The minimum Gasteiger partial charge on any atom is -0.353 e. The molecule has 2 aliphatic heterocycles. The van der Waals surface area contributed by atoms with Crippen LogP contribution in [0.3, 0.4) is 0 Å². The maximum Gasteiger partial charge on any atom is 0.246 e. The topological polar surface area (TPSA) is 77.2 Å². The van der Waals surface area contributed by atoms with Gasteiger partial charge in [0.05, 0.1) is 12.0 Å². The number of aromatic nitrogens is 3. The van der Waals surface area contributed by atoms with Gasteiger partial charge in [-0.15, -0.1) is 24.8 Å². The van der Waals surface area contributed by atoms with E-state index in [1.807, 2.05) is 23.1 Å². The summed E-state index contributed by atoms with van der Waals surface area (Å²) in [5.41, 5.74) is 1.93. The lowest BCUT2D eigenvalue weighted by Crippen LogP contribution is -2.52. The highest BCUT2D eigenvalue weighted by molar-refractivity contribution is 5.85. The molecule has 2 aromatic heterocycles. The molecule has 25 heavy (non-hydrogen) atoms. The normalized spacial score (nSPS) is 19.4. The van der Waals surface area contributed by atoms with Gasteiger partial charge < -0.3 is 20.1 Å². The Kier molecular flexibility index (Phi) is 6.64. The van der Waals surface area contributed by atoms with Crippen molar-refractivity contribution in [2.45, 2.75) is 12.5 Å². The van der Waals surface area contributed by atoms with Gasteiger partial charge >= 0.3 is 0 Å². The molecule has 0 saturated carbocycles. The number of rotatable bonds is 2. The molecule has 0 bridgehead atoms. The van der Waals surface area contributed by atoms with Crippen molar-refractivity contribution in [1.29, 1.82) is 0 Å². The van der Waals surface area contributed by atoms with Crippen LogP contribution in [0.5, 0.6) is 0 Å². The fraction of sp³-hybridized carbons (Fsp3) is 0.438. The van der Waals surface area contributed by atoms with Gasteiger partial charge in [0.25, 0.3) is 0 Å². The summed E-state index contributed by atoms with van der Waals surface area (Å²) in [7, 11) is 0. The Labute approximate surface area is 159 Å². The SMILES string of the molecule is Cl.Cl.O=C(C1NCCc2[nH]cnc21)N1CCN(c2ccccn2)CC1. The number of amides is 1. The van der Waals surface area contributed by atoms with Crippen molar-refractivity contribution in [3.8, 4) is 0 Å². The molecule has 2 aromatic rings. The van der Waals surface area contributed by atoms with Gasteiger partial charge in [0.2, 0.25) is 5.91 Å². The van der Waals surface area contributed by atoms with Crippen LogP contribution < -0.4 is 10.2 Å². The van der Waals surface area contributed by atoms with E-state index in [1.54, 1.807) is 12.5 Å². The Hall–Kier alpha value is -1.83. The summed E-state index contributed by atoms with van der Waals surface area (Å²) in [4.78, 5) is 28.8. The van der Waals surface area contributed by atoms with Crippen molar-refractivity contribution >= 4 is 36.5 Å². The molecule has 2 N–H and O–H groups in total. The zero-order valence-electron chi connectivity index (χ0n) is 13.7. The molecule has 9 heteroatoms. The van der Waals surface area contributed by atoms with Crippen LogP contribution in [0.15, 0.2) is 30.7 Å². The number of H-pyrrole nitrogens is 1. The predicted octanol–water partition coefficient (Wildman–Crippen LogP) is 1.18. The van der Waals surface area contributed by atoms with Crippen LogP contribution in [0, 0.1) is 0 Å². The van der Waals surface area contributed by atoms with E-state index in [4.69, 9.17) is 0 Å². The summed E-state index contributed by atoms with van der Waals surface area (Å²) in [6.07, 6.45) is 4.38. The van der Waals surface area contributed by atoms with Crippen molar-refractivity contribution in [2.75, 3.05) is 37.6 Å². The average Bonchev–Trinajstić information content (AvgIpc) is 3.11. The summed E-state index contributed by atoms with van der Waals surface area (Å²) >= 11 is 0. The molecule has 1 fully saturated rings. The number of carbonyl (C=O) groups is 1. The van der Waals surface area contributed by atoms with E-state index in [9.17, 15) is 4.79 Å². The monoisotopic (exact) mass is 384 g/mol. The maximum absolute atomic E-state index is 12.8. The first-order chi connectivity index (χ1) is 11.3.